The van der Waals surface area contributed by atoms with Crippen LogP contribution in [-0.2, 0) is 17.8 Å². The lowest BCUT2D eigenvalue weighted by atomic mass is 10.0. The second-order valence-electron chi connectivity index (χ2n) is 6.27. The summed E-state index contributed by atoms with van der Waals surface area (Å²) in [6.07, 6.45) is 1.67. The molecular formula is C16H22N2O2S. The fourth-order valence-corrected chi connectivity index (χ4v) is 4.24. The molecule has 1 N–H and O–H groups in total. The summed E-state index contributed by atoms with van der Waals surface area (Å²) in [7, 11) is 0. The Hall–Kier alpha value is -1.06. The normalized spacial score (nSPS) is 19.4. The van der Waals surface area contributed by atoms with Crippen LogP contribution in [0.15, 0.2) is 18.2 Å². The van der Waals surface area contributed by atoms with Crippen LogP contribution >= 0.6 is 0 Å². The number of hydrogen-bond acceptors (Lipinski definition) is 4. The molecule has 1 unspecified atom stereocenters. The van der Waals surface area contributed by atoms with Gasteiger partial charge < -0.3 is 9.66 Å². The number of aliphatic hydroxyl groups excluding tert-OH is 1. The highest BCUT2D eigenvalue weighted by Crippen LogP contribution is 2.40. The minimum Gasteiger partial charge on any atom is -0.597 e. The van der Waals surface area contributed by atoms with E-state index in [1.165, 1.54) is 0 Å². The first kappa shape index (κ1) is 16.3. The van der Waals surface area contributed by atoms with Gasteiger partial charge in [0.05, 0.1) is 30.8 Å². The largest absolute Gasteiger partial charge is 0.597 e. The number of hydrogen-bond donors (Lipinski definition) is 1. The number of benzene rings is 1. The third kappa shape index (κ3) is 3.24. The molecule has 0 bridgehead atoms. The summed E-state index contributed by atoms with van der Waals surface area (Å²) in [4.78, 5) is 0. The Morgan fingerprint density at radius 3 is 2.76 bits per heavy atom. The SMILES string of the molecule is CC(C)(C)[S+]([O-])N(CCO)[C@H]1CCc2c(C#N)cccc21. The Kier molecular flexibility index (Phi) is 4.95. The van der Waals surface area contributed by atoms with Crippen molar-refractivity contribution in [2.24, 2.45) is 0 Å². The van der Waals surface area contributed by atoms with Gasteiger partial charge in [-0.25, -0.2) is 0 Å². The average Bonchev–Trinajstić information content (AvgIpc) is 2.86. The molecule has 0 radical (unpaired) electrons. The zero-order chi connectivity index (χ0) is 15.6. The van der Waals surface area contributed by atoms with Gasteiger partial charge in [0.15, 0.2) is 0 Å². The molecule has 0 fully saturated rings. The van der Waals surface area contributed by atoms with Crippen LogP contribution in [0.2, 0.25) is 0 Å². The maximum atomic E-state index is 12.8. The highest BCUT2D eigenvalue weighted by Gasteiger charge is 2.40. The van der Waals surface area contributed by atoms with Gasteiger partial charge in [0.25, 0.3) is 0 Å². The fraction of sp³-hybridized carbons (Fsp3) is 0.562. The monoisotopic (exact) mass is 306 g/mol. The van der Waals surface area contributed by atoms with E-state index >= 15 is 0 Å². The predicted octanol–water partition coefficient (Wildman–Crippen LogP) is 2.30. The topological polar surface area (TPSA) is 70.3 Å². The van der Waals surface area contributed by atoms with Crippen molar-refractivity contribution in [3.63, 3.8) is 0 Å². The molecule has 0 aromatic heterocycles. The van der Waals surface area contributed by atoms with Crippen molar-refractivity contribution in [2.75, 3.05) is 13.2 Å². The van der Waals surface area contributed by atoms with Crippen LogP contribution in [0.3, 0.4) is 0 Å². The Balaban J connectivity index is 2.36. The molecular weight excluding hydrogens is 284 g/mol. The van der Waals surface area contributed by atoms with Crippen molar-refractivity contribution >= 4 is 11.4 Å². The third-order valence-corrected chi connectivity index (χ3v) is 5.68. The summed E-state index contributed by atoms with van der Waals surface area (Å²) in [6.45, 7) is 6.18. The van der Waals surface area contributed by atoms with E-state index in [-0.39, 0.29) is 17.4 Å². The van der Waals surface area contributed by atoms with Crippen LogP contribution in [-0.4, -0.2) is 31.9 Å². The van der Waals surface area contributed by atoms with Crippen LogP contribution in [0.4, 0.5) is 0 Å². The summed E-state index contributed by atoms with van der Waals surface area (Å²) < 4.78 is 14.3. The minimum absolute atomic E-state index is 0.0144. The van der Waals surface area contributed by atoms with E-state index in [1.807, 2.05) is 43.3 Å². The molecule has 1 aliphatic rings. The molecule has 2 rings (SSSR count). The summed E-state index contributed by atoms with van der Waals surface area (Å²) in [5.41, 5.74) is 2.86. The zero-order valence-electron chi connectivity index (χ0n) is 12.8. The Bertz CT molecular complexity index is 548. The molecule has 0 heterocycles. The standard InChI is InChI=1S/C16H22N2O2S/c1-16(2,3)21(20)18(9-10-19)15-8-7-13-12(11-17)5-4-6-14(13)15/h4-6,15,19H,7-10H2,1-3H3/t15-,21?/m0/s1. The van der Waals surface area contributed by atoms with Crippen LogP contribution in [0.25, 0.3) is 0 Å². The lowest BCUT2D eigenvalue weighted by Gasteiger charge is -2.36. The molecule has 4 nitrogen and oxygen atoms in total. The van der Waals surface area contributed by atoms with Crippen molar-refractivity contribution in [3.8, 4) is 6.07 Å². The van der Waals surface area contributed by atoms with Crippen molar-refractivity contribution in [2.45, 2.75) is 44.4 Å². The van der Waals surface area contributed by atoms with E-state index in [4.69, 9.17) is 0 Å². The summed E-state index contributed by atoms with van der Waals surface area (Å²) >= 11 is -1.19. The third-order valence-electron chi connectivity index (χ3n) is 3.76. The molecule has 1 aromatic carbocycles. The molecule has 114 valence electrons. The van der Waals surface area contributed by atoms with Gasteiger partial charge in [-0.2, -0.15) is 5.26 Å². The van der Waals surface area contributed by atoms with E-state index < -0.39 is 11.4 Å². The number of nitriles is 1. The number of nitrogens with zero attached hydrogens (tertiary/aromatic N) is 2. The first-order valence-corrected chi connectivity index (χ1v) is 8.32. The van der Waals surface area contributed by atoms with Gasteiger partial charge in [-0.05, 0) is 50.8 Å². The molecule has 2 atom stereocenters. The zero-order valence-corrected chi connectivity index (χ0v) is 13.6. The molecule has 21 heavy (non-hydrogen) atoms. The first-order chi connectivity index (χ1) is 9.90. The molecule has 5 heteroatoms. The molecule has 0 amide bonds. The first-order valence-electron chi connectivity index (χ1n) is 7.21. The average molecular weight is 306 g/mol. The van der Waals surface area contributed by atoms with Crippen molar-refractivity contribution < 1.29 is 9.66 Å². The van der Waals surface area contributed by atoms with E-state index in [0.717, 1.165) is 24.0 Å². The Morgan fingerprint density at radius 2 is 2.19 bits per heavy atom. The highest BCUT2D eigenvalue weighted by atomic mass is 32.2. The maximum absolute atomic E-state index is 12.8. The molecule has 0 spiro atoms. The quantitative estimate of drug-likeness (QED) is 0.867. The van der Waals surface area contributed by atoms with Crippen LogP contribution < -0.4 is 0 Å². The van der Waals surface area contributed by atoms with Gasteiger partial charge in [-0.15, -0.1) is 4.31 Å². The smallest absolute Gasteiger partial charge is 0.137 e. The summed E-state index contributed by atoms with van der Waals surface area (Å²) in [5.74, 6) is 0. The van der Waals surface area contributed by atoms with Gasteiger partial charge in [0.1, 0.15) is 4.75 Å². The Morgan fingerprint density at radius 1 is 1.48 bits per heavy atom. The second-order valence-corrected chi connectivity index (χ2v) is 8.46. The van der Waals surface area contributed by atoms with Gasteiger partial charge in [-0.3, -0.25) is 0 Å². The van der Waals surface area contributed by atoms with Crippen LogP contribution in [0.1, 0.15) is 49.9 Å². The lowest BCUT2D eigenvalue weighted by Crippen LogP contribution is -2.45. The summed E-state index contributed by atoms with van der Waals surface area (Å²) in [6, 6.07) is 7.97. The van der Waals surface area contributed by atoms with E-state index in [0.29, 0.717) is 12.1 Å². The minimum atomic E-state index is -1.19. The van der Waals surface area contributed by atoms with Crippen LogP contribution in [0, 0.1) is 11.3 Å². The van der Waals surface area contributed by atoms with E-state index in [2.05, 4.69) is 6.07 Å². The van der Waals surface area contributed by atoms with Crippen molar-refractivity contribution in [1.82, 2.24) is 4.31 Å². The van der Waals surface area contributed by atoms with Gasteiger partial charge in [0, 0.05) is 11.4 Å². The van der Waals surface area contributed by atoms with Gasteiger partial charge in [-0.1, -0.05) is 12.1 Å². The van der Waals surface area contributed by atoms with Gasteiger partial charge >= 0.3 is 0 Å². The Labute approximate surface area is 129 Å². The molecule has 0 aliphatic heterocycles. The predicted molar refractivity (Wildman–Crippen MR) is 83.9 cm³/mol. The number of fused-ring (bicyclic) bond motifs is 1. The van der Waals surface area contributed by atoms with Crippen molar-refractivity contribution in [3.05, 3.63) is 34.9 Å². The molecule has 1 aromatic rings. The van der Waals surface area contributed by atoms with Crippen LogP contribution in [0.5, 0.6) is 0 Å². The van der Waals surface area contributed by atoms with E-state index in [9.17, 15) is 14.9 Å². The number of rotatable bonds is 4. The van der Waals surface area contributed by atoms with Gasteiger partial charge in [0.2, 0.25) is 0 Å². The van der Waals surface area contributed by atoms with Crippen molar-refractivity contribution in [1.29, 1.82) is 5.26 Å². The summed E-state index contributed by atoms with van der Waals surface area (Å²) in [5, 5.41) is 18.5. The molecule has 0 saturated carbocycles. The highest BCUT2D eigenvalue weighted by molar-refractivity contribution is 7.90. The van der Waals surface area contributed by atoms with E-state index in [1.54, 1.807) is 0 Å². The molecule has 1 aliphatic carbocycles. The fourth-order valence-electron chi connectivity index (χ4n) is 2.84. The maximum Gasteiger partial charge on any atom is 0.137 e. The molecule has 0 saturated heterocycles. The number of aliphatic hydroxyl groups is 1. The second kappa shape index (κ2) is 6.37. The lowest BCUT2D eigenvalue weighted by molar-refractivity contribution is 0.222.